The van der Waals surface area contributed by atoms with Crippen LogP contribution in [0, 0.1) is 17.3 Å². The summed E-state index contributed by atoms with van der Waals surface area (Å²) in [5, 5.41) is 38.6. The number of unbranched alkanes of at least 4 members (excludes halogenated alkanes) is 2. The lowest BCUT2D eigenvalue weighted by molar-refractivity contribution is -0.176. The second-order valence-corrected chi connectivity index (χ2v) is 8.63. The summed E-state index contributed by atoms with van der Waals surface area (Å²) in [6.45, 7) is 15.6. The average Bonchev–Trinajstić information content (AvgIpc) is 2.56. The van der Waals surface area contributed by atoms with E-state index in [0.29, 0.717) is 0 Å². The van der Waals surface area contributed by atoms with Gasteiger partial charge in [0.25, 0.3) is 0 Å². The minimum atomic E-state index is -1.03. The van der Waals surface area contributed by atoms with Crippen molar-refractivity contribution in [2.45, 2.75) is 105 Å². The highest BCUT2D eigenvalue weighted by Gasteiger charge is 2.45. The van der Waals surface area contributed by atoms with Crippen molar-refractivity contribution >= 4 is 0 Å². The van der Waals surface area contributed by atoms with Crippen molar-refractivity contribution in [2.24, 2.45) is 17.3 Å². The minimum absolute atomic E-state index is 0.0508. The highest BCUT2D eigenvalue weighted by Crippen LogP contribution is 2.34. The lowest BCUT2D eigenvalue weighted by Gasteiger charge is -2.44. The van der Waals surface area contributed by atoms with Crippen LogP contribution in [0.2, 0.25) is 0 Å². The lowest BCUT2D eigenvalue weighted by Crippen LogP contribution is -2.56. The molecule has 4 N–H and O–H groups in total. The Morgan fingerprint density at radius 2 is 0.960 bits per heavy atom. The van der Waals surface area contributed by atoms with Gasteiger partial charge in [0.05, 0.1) is 24.4 Å². The summed E-state index contributed by atoms with van der Waals surface area (Å²) >= 11 is 0. The Morgan fingerprint density at radius 3 is 1.12 bits per heavy atom. The van der Waals surface area contributed by atoms with Crippen LogP contribution in [0.4, 0.5) is 0 Å². The van der Waals surface area contributed by atoms with Gasteiger partial charge in [0.1, 0.15) is 0 Å². The van der Waals surface area contributed by atoms with E-state index in [4.69, 9.17) is 0 Å². The van der Waals surface area contributed by atoms with Crippen LogP contribution in [0.15, 0.2) is 0 Å². The number of hydrogen-bond acceptors (Lipinski definition) is 4. The van der Waals surface area contributed by atoms with E-state index in [2.05, 4.69) is 13.8 Å². The molecule has 0 heterocycles. The van der Waals surface area contributed by atoms with Gasteiger partial charge in [-0.3, -0.25) is 0 Å². The monoisotopic (exact) mass is 362 g/mol. The fraction of sp³-hybridized carbons (Fsp3) is 1.00. The Kier molecular flexibility index (Phi) is 13.3. The largest absolute Gasteiger partial charge is 0.396 e. The molecule has 0 bridgehead atoms. The smallest absolute Gasteiger partial charge is 0.0927 e. The van der Waals surface area contributed by atoms with E-state index >= 15 is 0 Å². The zero-order chi connectivity index (χ0) is 20.3. The first-order chi connectivity index (χ1) is 11.4. The summed E-state index contributed by atoms with van der Waals surface area (Å²) in [5.41, 5.74) is -2.26. The Hall–Kier alpha value is -0.160. The topological polar surface area (TPSA) is 80.9 Å². The molecule has 0 saturated carbocycles. The van der Waals surface area contributed by atoms with Crippen molar-refractivity contribution in [3.63, 3.8) is 0 Å². The molecule has 0 aliphatic heterocycles. The van der Waals surface area contributed by atoms with Gasteiger partial charge in [0, 0.05) is 5.41 Å². The van der Waals surface area contributed by atoms with Gasteiger partial charge < -0.3 is 20.4 Å². The fourth-order valence-corrected chi connectivity index (χ4v) is 2.76. The molecule has 4 heteroatoms. The van der Waals surface area contributed by atoms with Crippen LogP contribution in [0.5, 0.6) is 0 Å². The molecule has 0 spiro atoms. The summed E-state index contributed by atoms with van der Waals surface area (Å²) in [5.74, 6) is 0.102. The van der Waals surface area contributed by atoms with E-state index in [9.17, 15) is 20.4 Å². The van der Waals surface area contributed by atoms with Gasteiger partial charge >= 0.3 is 0 Å². The molecule has 0 rings (SSSR count). The average molecular weight is 363 g/mol. The first-order valence-corrected chi connectivity index (χ1v) is 10.0. The molecule has 0 aromatic heterocycles. The highest BCUT2D eigenvalue weighted by molar-refractivity contribution is 4.97. The maximum Gasteiger partial charge on any atom is 0.0927 e. The van der Waals surface area contributed by atoms with Gasteiger partial charge in [-0.1, -0.05) is 67.2 Å². The van der Waals surface area contributed by atoms with Crippen molar-refractivity contribution in [3.05, 3.63) is 0 Å². The van der Waals surface area contributed by atoms with E-state index < -0.39 is 11.2 Å². The molecule has 0 aromatic rings. The van der Waals surface area contributed by atoms with E-state index in [-0.39, 0.29) is 30.5 Å². The molecule has 0 aromatic carbocycles. The van der Waals surface area contributed by atoms with E-state index in [1.54, 1.807) is 13.8 Å². The Morgan fingerprint density at radius 1 is 0.680 bits per heavy atom. The van der Waals surface area contributed by atoms with Gasteiger partial charge in [0.15, 0.2) is 0 Å². The van der Waals surface area contributed by atoms with Crippen molar-refractivity contribution in [3.8, 4) is 0 Å². The van der Waals surface area contributed by atoms with Gasteiger partial charge in [0.2, 0.25) is 0 Å². The second kappa shape index (κ2) is 12.3. The van der Waals surface area contributed by atoms with Crippen molar-refractivity contribution in [1.82, 2.24) is 0 Å². The molecule has 0 aliphatic rings. The molecule has 0 saturated heterocycles. The van der Waals surface area contributed by atoms with Crippen molar-refractivity contribution < 1.29 is 20.4 Å². The number of hydrogen-bond donors (Lipinski definition) is 4. The van der Waals surface area contributed by atoms with Gasteiger partial charge in [-0.25, -0.2) is 0 Å². The third-order valence-corrected chi connectivity index (χ3v) is 6.07. The Labute approximate surface area is 156 Å². The number of aliphatic hydroxyl groups is 4. The molecule has 0 fully saturated rings. The fourth-order valence-electron chi connectivity index (χ4n) is 2.76. The Balaban J connectivity index is 0. The van der Waals surface area contributed by atoms with Crippen LogP contribution in [0.3, 0.4) is 0 Å². The SMILES string of the molecule is CC(C)C(C)(O)C(C)(O)C(C)C.CCCCC(CO)(CO)CCCC. The van der Waals surface area contributed by atoms with Crippen LogP contribution >= 0.6 is 0 Å². The summed E-state index contributed by atoms with van der Waals surface area (Å²) in [6.07, 6.45) is 6.38. The first-order valence-electron chi connectivity index (χ1n) is 10.0. The molecule has 2 atom stereocenters. The summed E-state index contributed by atoms with van der Waals surface area (Å²) in [7, 11) is 0. The Bertz CT molecular complexity index is 290. The number of aliphatic hydroxyl groups excluding tert-OH is 2. The standard InChI is InChI=1S/C11H24O2.C10H22O2/c1-3-5-7-11(9-12,10-13)8-6-4-2;1-7(2)9(5,11)10(6,12)8(3)4/h12-13H,3-10H2,1-2H3;7-8,11-12H,1-6H3. The number of rotatable bonds is 11. The van der Waals surface area contributed by atoms with Crippen molar-refractivity contribution in [1.29, 1.82) is 0 Å². The quantitative estimate of drug-likeness (QED) is 0.445. The molecule has 2 unspecified atom stereocenters. The molecule has 154 valence electrons. The van der Waals surface area contributed by atoms with E-state index in [1.165, 1.54) is 0 Å². The summed E-state index contributed by atoms with van der Waals surface area (Å²) in [4.78, 5) is 0. The normalized spacial score (nSPS) is 17.0. The maximum absolute atomic E-state index is 10.0. The van der Waals surface area contributed by atoms with E-state index in [0.717, 1.165) is 38.5 Å². The van der Waals surface area contributed by atoms with Crippen LogP contribution < -0.4 is 0 Å². The van der Waals surface area contributed by atoms with Crippen LogP contribution in [0.1, 0.15) is 93.9 Å². The molecule has 4 nitrogen and oxygen atoms in total. The second-order valence-electron chi connectivity index (χ2n) is 8.63. The molecule has 0 aliphatic carbocycles. The zero-order valence-corrected chi connectivity index (χ0v) is 18.1. The maximum atomic E-state index is 10.0. The molecular weight excluding hydrogens is 316 g/mol. The predicted octanol–water partition coefficient (Wildman–Crippen LogP) is 4.14. The third kappa shape index (κ3) is 8.38. The van der Waals surface area contributed by atoms with E-state index in [1.807, 2.05) is 27.7 Å². The van der Waals surface area contributed by atoms with Crippen LogP contribution in [-0.2, 0) is 0 Å². The molecule has 0 radical (unpaired) electrons. The first kappa shape index (κ1) is 27.1. The lowest BCUT2D eigenvalue weighted by atomic mass is 9.72. The molecule has 25 heavy (non-hydrogen) atoms. The molecular formula is C21H46O4. The third-order valence-electron chi connectivity index (χ3n) is 6.07. The highest BCUT2D eigenvalue weighted by atomic mass is 16.4. The van der Waals surface area contributed by atoms with Gasteiger partial charge in [-0.2, -0.15) is 0 Å². The van der Waals surface area contributed by atoms with Crippen LogP contribution in [-0.4, -0.2) is 44.8 Å². The molecule has 0 amide bonds. The summed E-state index contributed by atoms with van der Waals surface area (Å²) in [6, 6.07) is 0. The minimum Gasteiger partial charge on any atom is -0.396 e. The summed E-state index contributed by atoms with van der Waals surface area (Å²) < 4.78 is 0. The van der Waals surface area contributed by atoms with Gasteiger partial charge in [-0.05, 0) is 38.5 Å². The van der Waals surface area contributed by atoms with Crippen LogP contribution in [0.25, 0.3) is 0 Å². The van der Waals surface area contributed by atoms with Crippen molar-refractivity contribution in [2.75, 3.05) is 13.2 Å². The zero-order valence-electron chi connectivity index (χ0n) is 18.1. The predicted molar refractivity (Wildman–Crippen MR) is 107 cm³/mol. The van der Waals surface area contributed by atoms with Gasteiger partial charge in [-0.15, -0.1) is 0 Å².